The number of nitrogens with zero attached hydrogens (tertiary/aromatic N) is 1. The summed E-state index contributed by atoms with van der Waals surface area (Å²) in [6.07, 6.45) is -1.63. The number of benzene rings is 1. The average molecular weight is 313 g/mol. The van der Waals surface area contributed by atoms with Crippen molar-refractivity contribution in [2.45, 2.75) is 39.5 Å². The van der Waals surface area contributed by atoms with E-state index in [-0.39, 0.29) is 11.3 Å². The van der Waals surface area contributed by atoms with Crippen molar-refractivity contribution in [3.63, 3.8) is 0 Å². The standard InChI is InChI=1S/C17H19F4N/c1-6-22-15(16(4,5)18)9-12(3)14-10-13(17(19,20)21)8-7-11(14)2/h6-10H,3H2,1-2,4-5H3/b15-9-,22-6?. The summed E-state index contributed by atoms with van der Waals surface area (Å²) in [7, 11) is 0. The van der Waals surface area contributed by atoms with Crippen LogP contribution in [0.4, 0.5) is 17.6 Å². The van der Waals surface area contributed by atoms with Gasteiger partial charge in [0.2, 0.25) is 0 Å². The Kier molecular flexibility index (Phi) is 5.33. The molecule has 1 nitrogen and oxygen atoms in total. The molecular weight excluding hydrogens is 294 g/mol. The molecule has 0 N–H and O–H groups in total. The van der Waals surface area contributed by atoms with E-state index in [2.05, 4.69) is 11.6 Å². The SMILES string of the molecule is C=C(/C=C(\N=CC)C(C)(C)F)c1cc(C(F)(F)F)ccc1C. The molecule has 1 aromatic rings. The lowest BCUT2D eigenvalue weighted by Gasteiger charge is -2.17. The largest absolute Gasteiger partial charge is 0.416 e. The van der Waals surface area contributed by atoms with Gasteiger partial charge in [0.1, 0.15) is 5.67 Å². The first-order valence-corrected chi connectivity index (χ1v) is 6.73. The van der Waals surface area contributed by atoms with Crippen molar-refractivity contribution in [1.82, 2.24) is 0 Å². The predicted octanol–water partition coefficient (Wildman–Crippen LogP) is 5.75. The average Bonchev–Trinajstić information content (AvgIpc) is 2.36. The summed E-state index contributed by atoms with van der Waals surface area (Å²) in [5.74, 6) is 0. The Morgan fingerprint density at radius 2 is 1.77 bits per heavy atom. The van der Waals surface area contributed by atoms with Gasteiger partial charge in [-0.05, 0) is 62.6 Å². The van der Waals surface area contributed by atoms with Crippen molar-refractivity contribution in [3.8, 4) is 0 Å². The second-order valence-corrected chi connectivity index (χ2v) is 5.44. The highest BCUT2D eigenvalue weighted by atomic mass is 19.4. The summed E-state index contributed by atoms with van der Waals surface area (Å²) >= 11 is 0. The molecule has 1 rings (SSSR count). The normalized spacial score (nSPS) is 13.7. The third-order valence-electron chi connectivity index (χ3n) is 3.10. The van der Waals surface area contributed by atoms with Gasteiger partial charge in [0, 0.05) is 6.21 Å². The van der Waals surface area contributed by atoms with Crippen LogP contribution in [0.2, 0.25) is 0 Å². The lowest BCUT2D eigenvalue weighted by Crippen LogP contribution is -2.14. The lowest BCUT2D eigenvalue weighted by atomic mass is 9.96. The summed E-state index contributed by atoms with van der Waals surface area (Å²) in [5.41, 5.74) is -1.13. The van der Waals surface area contributed by atoms with E-state index in [0.717, 1.165) is 12.1 Å². The topological polar surface area (TPSA) is 12.4 Å². The van der Waals surface area contributed by atoms with E-state index in [9.17, 15) is 17.6 Å². The van der Waals surface area contributed by atoms with Crippen LogP contribution < -0.4 is 0 Å². The molecule has 1 aromatic carbocycles. The molecule has 0 atom stereocenters. The Morgan fingerprint density at radius 3 is 2.23 bits per heavy atom. The number of hydrogen-bond donors (Lipinski definition) is 0. The van der Waals surface area contributed by atoms with E-state index in [1.807, 2.05) is 0 Å². The van der Waals surface area contributed by atoms with Gasteiger partial charge in [-0.2, -0.15) is 13.2 Å². The fourth-order valence-electron chi connectivity index (χ4n) is 1.89. The van der Waals surface area contributed by atoms with E-state index in [1.54, 1.807) is 13.8 Å². The molecule has 0 saturated carbocycles. The second kappa shape index (κ2) is 6.46. The van der Waals surface area contributed by atoms with Crippen molar-refractivity contribution in [1.29, 1.82) is 0 Å². The van der Waals surface area contributed by atoms with Crippen molar-refractivity contribution >= 4 is 11.8 Å². The highest BCUT2D eigenvalue weighted by Crippen LogP contribution is 2.33. The minimum Gasteiger partial charge on any atom is -0.263 e. The maximum absolute atomic E-state index is 14.1. The van der Waals surface area contributed by atoms with Crippen LogP contribution in [0.25, 0.3) is 5.57 Å². The van der Waals surface area contributed by atoms with Gasteiger partial charge in [-0.1, -0.05) is 12.6 Å². The highest BCUT2D eigenvalue weighted by molar-refractivity contribution is 5.76. The van der Waals surface area contributed by atoms with Crippen LogP contribution in [0, 0.1) is 6.92 Å². The Bertz CT molecular complexity index is 617. The summed E-state index contributed by atoms with van der Waals surface area (Å²) in [5, 5.41) is 0. The van der Waals surface area contributed by atoms with E-state index in [0.29, 0.717) is 11.1 Å². The number of allylic oxidation sites excluding steroid dienone is 3. The first kappa shape index (κ1) is 18.1. The number of alkyl halides is 4. The fraction of sp³-hybridized carbons (Fsp3) is 0.353. The Morgan fingerprint density at radius 1 is 1.18 bits per heavy atom. The zero-order valence-electron chi connectivity index (χ0n) is 13.1. The Balaban J connectivity index is 3.33. The molecule has 0 heterocycles. The van der Waals surface area contributed by atoms with Crippen LogP contribution in [-0.2, 0) is 6.18 Å². The fourth-order valence-corrected chi connectivity index (χ4v) is 1.89. The van der Waals surface area contributed by atoms with E-state index < -0.39 is 17.4 Å². The highest BCUT2D eigenvalue weighted by Gasteiger charge is 2.31. The van der Waals surface area contributed by atoms with E-state index in [1.165, 1.54) is 32.2 Å². The van der Waals surface area contributed by atoms with Crippen LogP contribution >= 0.6 is 0 Å². The van der Waals surface area contributed by atoms with Crippen LogP contribution in [0.1, 0.15) is 37.5 Å². The number of halogens is 4. The van der Waals surface area contributed by atoms with Gasteiger partial charge in [-0.3, -0.25) is 4.99 Å². The molecule has 0 bridgehead atoms. The van der Waals surface area contributed by atoms with Crippen LogP contribution in [-0.4, -0.2) is 11.9 Å². The molecule has 0 spiro atoms. The number of rotatable bonds is 4. The molecule has 0 radical (unpaired) electrons. The number of aryl methyl sites for hydroxylation is 1. The third kappa shape index (κ3) is 4.55. The van der Waals surface area contributed by atoms with Crippen molar-refractivity contribution in [2.24, 2.45) is 4.99 Å². The minimum absolute atomic E-state index is 0.108. The van der Waals surface area contributed by atoms with Gasteiger partial charge in [0.05, 0.1) is 11.3 Å². The van der Waals surface area contributed by atoms with Crippen molar-refractivity contribution < 1.29 is 17.6 Å². The van der Waals surface area contributed by atoms with Crippen molar-refractivity contribution in [3.05, 3.63) is 53.2 Å². The Labute approximate surface area is 128 Å². The summed E-state index contributed by atoms with van der Waals surface area (Å²) < 4.78 is 52.5. The summed E-state index contributed by atoms with van der Waals surface area (Å²) in [6.45, 7) is 9.74. The number of aliphatic imine (C=N–C) groups is 1. The maximum atomic E-state index is 14.1. The van der Waals surface area contributed by atoms with E-state index in [4.69, 9.17) is 0 Å². The molecule has 0 aliphatic rings. The van der Waals surface area contributed by atoms with Crippen LogP contribution in [0.15, 0.2) is 41.5 Å². The first-order valence-electron chi connectivity index (χ1n) is 6.73. The maximum Gasteiger partial charge on any atom is 0.416 e. The monoisotopic (exact) mass is 313 g/mol. The summed E-state index contributed by atoms with van der Waals surface area (Å²) in [6, 6.07) is 3.41. The van der Waals surface area contributed by atoms with Gasteiger partial charge < -0.3 is 0 Å². The minimum atomic E-state index is -4.43. The molecular formula is C17H19F4N. The quantitative estimate of drug-likeness (QED) is 0.381. The molecule has 120 valence electrons. The molecule has 0 aromatic heterocycles. The predicted molar refractivity (Wildman–Crippen MR) is 82.7 cm³/mol. The van der Waals surface area contributed by atoms with Gasteiger partial charge in [0.15, 0.2) is 0 Å². The lowest BCUT2D eigenvalue weighted by molar-refractivity contribution is -0.137. The van der Waals surface area contributed by atoms with E-state index >= 15 is 0 Å². The van der Waals surface area contributed by atoms with Gasteiger partial charge >= 0.3 is 6.18 Å². The van der Waals surface area contributed by atoms with Crippen molar-refractivity contribution in [2.75, 3.05) is 0 Å². The third-order valence-corrected chi connectivity index (χ3v) is 3.10. The Hall–Kier alpha value is -1.91. The van der Waals surface area contributed by atoms with Gasteiger partial charge in [0.25, 0.3) is 0 Å². The molecule has 0 fully saturated rings. The molecule has 0 aliphatic carbocycles. The van der Waals surface area contributed by atoms with Crippen LogP contribution in [0.5, 0.6) is 0 Å². The summed E-state index contributed by atoms with van der Waals surface area (Å²) in [4.78, 5) is 3.94. The molecule has 22 heavy (non-hydrogen) atoms. The zero-order chi connectivity index (χ0) is 17.1. The number of hydrogen-bond acceptors (Lipinski definition) is 1. The molecule has 0 aliphatic heterocycles. The smallest absolute Gasteiger partial charge is 0.263 e. The molecule has 5 heteroatoms. The van der Waals surface area contributed by atoms with Gasteiger partial charge in [-0.25, -0.2) is 4.39 Å². The second-order valence-electron chi connectivity index (χ2n) is 5.44. The van der Waals surface area contributed by atoms with Gasteiger partial charge in [-0.15, -0.1) is 0 Å². The first-order chi connectivity index (χ1) is 9.96. The zero-order valence-corrected chi connectivity index (χ0v) is 13.1. The molecule has 0 saturated heterocycles. The molecule has 0 amide bonds. The van der Waals surface area contributed by atoms with Crippen LogP contribution in [0.3, 0.4) is 0 Å². The molecule has 0 unspecified atom stereocenters.